The topological polar surface area (TPSA) is 117 Å². The number of nitro benzene ring substituents is 1. The first-order valence-electron chi connectivity index (χ1n) is 10.6. The second-order valence-electron chi connectivity index (χ2n) is 7.83. The Balaban J connectivity index is 1.65. The summed E-state index contributed by atoms with van der Waals surface area (Å²) in [6, 6.07) is 14.3. The van der Waals surface area contributed by atoms with Gasteiger partial charge in [0.1, 0.15) is 0 Å². The van der Waals surface area contributed by atoms with Crippen LogP contribution in [0.2, 0.25) is 5.02 Å². The van der Waals surface area contributed by atoms with Gasteiger partial charge in [0.05, 0.1) is 22.6 Å². The molecule has 0 unspecified atom stereocenters. The molecule has 1 aliphatic heterocycles. The van der Waals surface area contributed by atoms with Crippen molar-refractivity contribution in [2.45, 2.75) is 13.8 Å². The molecular weight excluding hydrogens is 488 g/mol. The van der Waals surface area contributed by atoms with E-state index in [-0.39, 0.29) is 33.8 Å². The van der Waals surface area contributed by atoms with Crippen LogP contribution in [0.4, 0.5) is 5.69 Å². The lowest BCUT2D eigenvalue weighted by molar-refractivity contribution is -0.385. The summed E-state index contributed by atoms with van der Waals surface area (Å²) >= 11 is 6.38. The van der Waals surface area contributed by atoms with Crippen LogP contribution in [0.5, 0.6) is 11.5 Å². The Morgan fingerprint density at radius 3 is 2.53 bits per heavy atom. The molecule has 10 heteroatoms. The molecule has 0 saturated heterocycles. The minimum atomic E-state index is -0.735. The number of aryl methyl sites for hydroxylation is 1. The Kier molecular flexibility index (Phi) is 6.84. The lowest BCUT2D eigenvalue weighted by atomic mass is 10.1. The van der Waals surface area contributed by atoms with Crippen LogP contribution in [-0.2, 0) is 9.53 Å². The Morgan fingerprint density at radius 1 is 1.14 bits per heavy atom. The van der Waals surface area contributed by atoms with Gasteiger partial charge in [-0.05, 0) is 55.8 Å². The summed E-state index contributed by atoms with van der Waals surface area (Å²) in [5, 5.41) is 11.3. The molecule has 0 aromatic heterocycles. The predicted molar refractivity (Wildman–Crippen MR) is 133 cm³/mol. The number of halogens is 1. The van der Waals surface area contributed by atoms with Gasteiger partial charge in [-0.3, -0.25) is 10.1 Å². The van der Waals surface area contributed by atoms with Gasteiger partial charge in [0.15, 0.2) is 17.2 Å². The van der Waals surface area contributed by atoms with Crippen LogP contribution >= 0.6 is 11.6 Å². The van der Waals surface area contributed by atoms with E-state index in [2.05, 4.69) is 4.99 Å². The minimum absolute atomic E-state index is 0.0253. The summed E-state index contributed by atoms with van der Waals surface area (Å²) in [7, 11) is 1.39. The smallest absolute Gasteiger partial charge is 0.363 e. The molecule has 0 amide bonds. The zero-order valence-electron chi connectivity index (χ0n) is 19.4. The number of nitrogens with zero attached hydrogens (tertiary/aromatic N) is 2. The van der Waals surface area contributed by atoms with Crippen molar-refractivity contribution in [3.05, 3.63) is 103 Å². The molecule has 3 aromatic carbocycles. The minimum Gasteiger partial charge on any atom is -0.493 e. The lowest BCUT2D eigenvalue weighted by Crippen LogP contribution is -2.09. The summed E-state index contributed by atoms with van der Waals surface area (Å²) in [6.07, 6.45) is 1.42. The maximum atomic E-state index is 12.5. The highest BCUT2D eigenvalue weighted by Gasteiger charge is 2.28. The number of cyclic esters (lactones) is 1. The molecule has 182 valence electrons. The molecule has 0 N–H and O–H groups in total. The van der Waals surface area contributed by atoms with E-state index < -0.39 is 16.9 Å². The third-order valence-corrected chi connectivity index (χ3v) is 5.67. The van der Waals surface area contributed by atoms with Crippen molar-refractivity contribution in [1.29, 1.82) is 0 Å². The van der Waals surface area contributed by atoms with Crippen molar-refractivity contribution in [2.75, 3.05) is 7.11 Å². The SMILES string of the molecule is COc1cc(/C=C2\N=C(c3cccc([N+](=O)[O-])c3C)OC2=O)cc(Cl)c1OC(=O)c1ccc(C)cc1. The van der Waals surface area contributed by atoms with Crippen LogP contribution in [0, 0.1) is 24.0 Å². The number of ether oxygens (including phenoxy) is 3. The van der Waals surface area contributed by atoms with Gasteiger partial charge in [-0.2, -0.15) is 0 Å². The maximum absolute atomic E-state index is 12.5. The molecule has 0 spiro atoms. The second-order valence-corrected chi connectivity index (χ2v) is 8.24. The van der Waals surface area contributed by atoms with E-state index in [1.807, 2.05) is 6.92 Å². The van der Waals surface area contributed by atoms with Crippen molar-refractivity contribution in [2.24, 2.45) is 4.99 Å². The number of nitro groups is 1. The molecule has 0 atom stereocenters. The van der Waals surface area contributed by atoms with E-state index in [4.69, 9.17) is 25.8 Å². The molecule has 4 rings (SSSR count). The highest BCUT2D eigenvalue weighted by molar-refractivity contribution is 6.32. The first-order chi connectivity index (χ1) is 17.2. The molecule has 9 nitrogen and oxygen atoms in total. The first-order valence-corrected chi connectivity index (χ1v) is 11.0. The van der Waals surface area contributed by atoms with Gasteiger partial charge >= 0.3 is 11.9 Å². The van der Waals surface area contributed by atoms with Gasteiger partial charge < -0.3 is 14.2 Å². The number of methoxy groups -OCH3 is 1. The van der Waals surface area contributed by atoms with Crippen LogP contribution in [0.25, 0.3) is 6.08 Å². The van der Waals surface area contributed by atoms with Gasteiger partial charge in [0, 0.05) is 17.2 Å². The van der Waals surface area contributed by atoms with Crippen molar-refractivity contribution < 1.29 is 28.7 Å². The van der Waals surface area contributed by atoms with Crippen LogP contribution in [-0.4, -0.2) is 29.9 Å². The van der Waals surface area contributed by atoms with Gasteiger partial charge in [-0.25, -0.2) is 14.6 Å². The lowest BCUT2D eigenvalue weighted by Gasteiger charge is -2.12. The predicted octanol–water partition coefficient (Wildman–Crippen LogP) is 5.44. The average molecular weight is 507 g/mol. The number of benzene rings is 3. The zero-order chi connectivity index (χ0) is 26.0. The standard InChI is InChI=1S/C26H19ClN2O7/c1-14-7-9-17(10-8-14)25(30)35-23-19(27)11-16(13-22(23)34-3)12-20-26(31)36-24(28-20)18-5-4-6-21(15(18)2)29(32)33/h4-13H,1-3H3/b20-12-. The third-order valence-electron chi connectivity index (χ3n) is 5.39. The molecule has 0 radical (unpaired) electrons. The Hall–Kier alpha value is -4.50. The highest BCUT2D eigenvalue weighted by Crippen LogP contribution is 2.38. The molecule has 3 aromatic rings. The van der Waals surface area contributed by atoms with E-state index in [0.717, 1.165) is 5.56 Å². The van der Waals surface area contributed by atoms with Gasteiger partial charge in [0.2, 0.25) is 5.90 Å². The number of hydrogen-bond acceptors (Lipinski definition) is 8. The van der Waals surface area contributed by atoms with Crippen molar-refractivity contribution in [1.82, 2.24) is 0 Å². The third kappa shape index (κ3) is 4.96. The first kappa shape index (κ1) is 24.6. The number of hydrogen-bond donors (Lipinski definition) is 0. The molecule has 1 aliphatic rings. The van der Waals surface area contributed by atoms with Gasteiger partial charge in [-0.1, -0.05) is 35.4 Å². The maximum Gasteiger partial charge on any atom is 0.363 e. The summed E-state index contributed by atoms with van der Waals surface area (Å²) in [6.45, 7) is 3.45. The molecule has 0 aliphatic carbocycles. The summed E-state index contributed by atoms with van der Waals surface area (Å²) in [5.41, 5.74) is 2.26. The number of rotatable bonds is 6. The van der Waals surface area contributed by atoms with E-state index >= 15 is 0 Å². The fraction of sp³-hybridized carbons (Fsp3) is 0.115. The molecule has 1 heterocycles. The van der Waals surface area contributed by atoms with Crippen molar-refractivity contribution in [3.63, 3.8) is 0 Å². The summed E-state index contributed by atoms with van der Waals surface area (Å²) in [5.74, 6) is -1.20. The van der Waals surface area contributed by atoms with Crippen LogP contribution in [0.1, 0.15) is 32.6 Å². The van der Waals surface area contributed by atoms with Crippen molar-refractivity contribution in [3.8, 4) is 11.5 Å². The van der Waals surface area contributed by atoms with E-state index in [1.54, 1.807) is 37.3 Å². The number of esters is 2. The molecular formula is C26H19ClN2O7. The monoisotopic (exact) mass is 506 g/mol. The highest BCUT2D eigenvalue weighted by atomic mass is 35.5. The van der Waals surface area contributed by atoms with Crippen LogP contribution in [0.3, 0.4) is 0 Å². The zero-order valence-corrected chi connectivity index (χ0v) is 20.2. The number of carbonyl (C=O) groups excluding carboxylic acids is 2. The fourth-order valence-corrected chi connectivity index (χ4v) is 3.76. The Morgan fingerprint density at radius 2 is 1.86 bits per heavy atom. The molecule has 0 fully saturated rings. The van der Waals surface area contributed by atoms with E-state index in [0.29, 0.717) is 22.3 Å². The Bertz CT molecular complexity index is 1460. The average Bonchev–Trinajstić information content (AvgIpc) is 3.20. The van der Waals surface area contributed by atoms with Gasteiger partial charge in [-0.15, -0.1) is 0 Å². The van der Waals surface area contributed by atoms with E-state index in [9.17, 15) is 19.7 Å². The van der Waals surface area contributed by atoms with Gasteiger partial charge in [0.25, 0.3) is 5.69 Å². The largest absolute Gasteiger partial charge is 0.493 e. The quantitative estimate of drug-likeness (QED) is 0.144. The van der Waals surface area contributed by atoms with Crippen LogP contribution in [0.15, 0.2) is 65.3 Å². The number of carbonyl (C=O) groups is 2. The van der Waals surface area contributed by atoms with Crippen molar-refractivity contribution >= 4 is 41.2 Å². The molecule has 36 heavy (non-hydrogen) atoms. The number of aliphatic imine (C=N–C) groups is 1. The molecule has 0 saturated carbocycles. The molecule has 0 bridgehead atoms. The summed E-state index contributed by atoms with van der Waals surface area (Å²) < 4.78 is 16.1. The summed E-state index contributed by atoms with van der Waals surface area (Å²) in [4.78, 5) is 39.9. The Labute approximate surface area is 210 Å². The second kappa shape index (κ2) is 10.0. The fourth-order valence-electron chi connectivity index (χ4n) is 3.50. The van der Waals surface area contributed by atoms with Crippen LogP contribution < -0.4 is 9.47 Å². The van der Waals surface area contributed by atoms with E-state index in [1.165, 1.54) is 37.5 Å². The normalized spacial score (nSPS) is 13.8.